The number of H-pyrrole nitrogens is 1. The molecule has 0 bridgehead atoms. The van der Waals surface area contributed by atoms with Crippen LogP contribution in [0.1, 0.15) is 40.2 Å². The molecule has 0 unspecified atom stereocenters. The van der Waals surface area contributed by atoms with Crippen molar-refractivity contribution in [3.8, 4) is 11.1 Å². The molecule has 7 nitrogen and oxygen atoms in total. The minimum absolute atomic E-state index is 0.129. The number of anilines is 1. The van der Waals surface area contributed by atoms with E-state index in [-0.39, 0.29) is 24.4 Å². The molecule has 1 aliphatic heterocycles. The van der Waals surface area contributed by atoms with Gasteiger partial charge in [-0.3, -0.25) is 24.8 Å². The fourth-order valence-electron chi connectivity index (χ4n) is 5.03. The van der Waals surface area contributed by atoms with Gasteiger partial charge in [0.05, 0.1) is 17.4 Å². The summed E-state index contributed by atoms with van der Waals surface area (Å²) >= 11 is 0. The van der Waals surface area contributed by atoms with Crippen LogP contribution in [0.3, 0.4) is 0 Å². The number of aromatic nitrogens is 4. The van der Waals surface area contributed by atoms with E-state index in [0.717, 1.165) is 16.7 Å². The number of halogens is 3. The average molecular weight is 557 g/mol. The summed E-state index contributed by atoms with van der Waals surface area (Å²) < 4.78 is 41.0. The topological polar surface area (TPSA) is 86.8 Å². The molecular formula is C31H27F3N6O. The van der Waals surface area contributed by atoms with E-state index in [9.17, 15) is 18.0 Å². The van der Waals surface area contributed by atoms with Crippen LogP contribution in [-0.2, 0) is 13.0 Å². The number of fused-ring (bicyclic) bond motifs is 1. The highest BCUT2D eigenvalue weighted by atomic mass is 19.3. The number of nitrogens with one attached hydrogen (secondary N) is 2. The predicted molar refractivity (Wildman–Crippen MR) is 150 cm³/mol. The fourth-order valence-corrected chi connectivity index (χ4v) is 5.03. The Balaban J connectivity index is 1.16. The molecule has 0 saturated carbocycles. The van der Waals surface area contributed by atoms with Crippen LogP contribution in [0.2, 0.25) is 0 Å². The van der Waals surface area contributed by atoms with Crippen LogP contribution in [0.5, 0.6) is 0 Å². The van der Waals surface area contributed by atoms with Gasteiger partial charge < -0.3 is 5.32 Å². The summed E-state index contributed by atoms with van der Waals surface area (Å²) in [4.78, 5) is 23.9. The van der Waals surface area contributed by atoms with Gasteiger partial charge in [-0.15, -0.1) is 0 Å². The number of alkyl halides is 2. The number of hydrogen-bond acceptors (Lipinski definition) is 5. The summed E-state index contributed by atoms with van der Waals surface area (Å²) in [6.45, 7) is 1.24. The van der Waals surface area contributed by atoms with Crippen molar-refractivity contribution in [2.24, 2.45) is 0 Å². The molecule has 1 saturated heterocycles. The Hall–Kier alpha value is -4.57. The summed E-state index contributed by atoms with van der Waals surface area (Å²) in [7, 11) is 0. The third-order valence-electron chi connectivity index (χ3n) is 7.31. The van der Waals surface area contributed by atoms with E-state index in [1.165, 1.54) is 12.3 Å². The first-order valence-electron chi connectivity index (χ1n) is 13.4. The van der Waals surface area contributed by atoms with E-state index in [1.807, 2.05) is 29.2 Å². The lowest BCUT2D eigenvalue weighted by Gasteiger charge is -2.31. The third kappa shape index (κ3) is 6.12. The first-order valence-corrected chi connectivity index (χ1v) is 13.4. The molecule has 0 radical (unpaired) electrons. The molecule has 1 amide bonds. The van der Waals surface area contributed by atoms with Crippen molar-refractivity contribution in [3.05, 3.63) is 108 Å². The Morgan fingerprint density at radius 2 is 1.80 bits per heavy atom. The van der Waals surface area contributed by atoms with E-state index >= 15 is 0 Å². The molecule has 0 spiro atoms. The number of likely N-dealkylation sites (tertiary alicyclic amines) is 1. The van der Waals surface area contributed by atoms with Gasteiger partial charge in [0.15, 0.2) is 5.69 Å². The van der Waals surface area contributed by atoms with E-state index in [4.69, 9.17) is 0 Å². The van der Waals surface area contributed by atoms with Crippen LogP contribution in [0.4, 0.5) is 18.9 Å². The molecule has 208 valence electrons. The number of carbonyl (C=O) groups excluding carboxylic acids is 1. The highest BCUT2D eigenvalue weighted by Gasteiger charge is 2.33. The van der Waals surface area contributed by atoms with Gasteiger partial charge in [-0.1, -0.05) is 24.3 Å². The largest absolute Gasteiger partial charge is 0.319 e. The average Bonchev–Trinajstić information content (AvgIpc) is 3.40. The monoisotopic (exact) mass is 556 g/mol. The minimum Gasteiger partial charge on any atom is -0.319 e. The highest BCUT2D eigenvalue weighted by molar-refractivity contribution is 6.11. The molecular weight excluding hydrogens is 529 g/mol. The van der Waals surface area contributed by atoms with Crippen molar-refractivity contribution in [1.82, 2.24) is 25.1 Å². The molecule has 41 heavy (non-hydrogen) atoms. The molecule has 4 heterocycles. The number of aromatic amines is 1. The van der Waals surface area contributed by atoms with Gasteiger partial charge in [-0.05, 0) is 53.1 Å². The van der Waals surface area contributed by atoms with Gasteiger partial charge in [0.25, 0.3) is 11.8 Å². The standard InChI is InChI=1S/C31H27F3N6O/c32-27-4-2-1-3-22(27)14-24-6-7-25(18-36-24)37-30(41)29-26-15-21(5-8-28(26)38-39-29)23-13-20(16-35-17-23)19-40-11-9-31(33,34)10-12-40/h1-8,13,15-18H,9-12,14,19H2,(H,37,41)(H,38,39). The number of amides is 1. The van der Waals surface area contributed by atoms with E-state index in [1.54, 1.807) is 42.7 Å². The van der Waals surface area contributed by atoms with Gasteiger partial charge in [0.2, 0.25) is 0 Å². The second kappa shape index (κ2) is 11.1. The maximum atomic E-state index is 14.0. The quantitative estimate of drug-likeness (QED) is 0.248. The highest BCUT2D eigenvalue weighted by Crippen LogP contribution is 2.30. The summed E-state index contributed by atoms with van der Waals surface area (Å²) in [6.07, 6.45) is 5.11. The number of nitrogens with zero attached hydrogens (tertiary/aromatic N) is 4. The number of piperidine rings is 1. The molecule has 10 heteroatoms. The van der Waals surface area contributed by atoms with Crippen molar-refractivity contribution in [3.63, 3.8) is 0 Å². The molecule has 3 aromatic heterocycles. The van der Waals surface area contributed by atoms with Crippen LogP contribution in [0, 0.1) is 5.82 Å². The number of carbonyl (C=O) groups is 1. The molecule has 5 aromatic rings. The molecule has 0 atom stereocenters. The molecule has 6 rings (SSSR count). The van der Waals surface area contributed by atoms with Crippen molar-refractivity contribution in [2.45, 2.75) is 31.7 Å². The molecule has 0 aliphatic carbocycles. The van der Waals surface area contributed by atoms with Crippen LogP contribution >= 0.6 is 0 Å². The fraction of sp³-hybridized carbons (Fsp3) is 0.226. The smallest absolute Gasteiger partial charge is 0.276 e. The zero-order chi connectivity index (χ0) is 28.4. The zero-order valence-corrected chi connectivity index (χ0v) is 22.1. The first-order chi connectivity index (χ1) is 19.8. The lowest BCUT2D eigenvalue weighted by atomic mass is 10.0. The van der Waals surface area contributed by atoms with Gasteiger partial charge in [-0.25, -0.2) is 13.2 Å². The Kier molecular flexibility index (Phi) is 7.23. The van der Waals surface area contributed by atoms with Gasteiger partial charge in [-0.2, -0.15) is 5.10 Å². The second-order valence-electron chi connectivity index (χ2n) is 10.3. The summed E-state index contributed by atoms with van der Waals surface area (Å²) in [5, 5.41) is 10.6. The van der Waals surface area contributed by atoms with Crippen LogP contribution in [0.25, 0.3) is 22.0 Å². The Bertz CT molecular complexity index is 1690. The maximum Gasteiger partial charge on any atom is 0.276 e. The molecule has 1 fully saturated rings. The number of benzene rings is 2. The van der Waals surface area contributed by atoms with E-state index < -0.39 is 11.8 Å². The van der Waals surface area contributed by atoms with Crippen LogP contribution in [0.15, 0.2) is 79.3 Å². The third-order valence-corrected chi connectivity index (χ3v) is 7.31. The minimum atomic E-state index is -2.58. The van der Waals surface area contributed by atoms with Gasteiger partial charge in [0.1, 0.15) is 5.82 Å². The Labute approximate surface area is 234 Å². The number of rotatable bonds is 7. The van der Waals surface area contributed by atoms with Gasteiger partial charge >= 0.3 is 0 Å². The SMILES string of the molecule is O=C(Nc1ccc(Cc2ccccc2F)nc1)c1n[nH]c2ccc(-c3cncc(CN4CCC(F)(F)CC4)c3)cc12. The molecule has 2 aromatic carbocycles. The van der Waals surface area contributed by atoms with E-state index in [0.29, 0.717) is 53.9 Å². The van der Waals surface area contributed by atoms with Gasteiger partial charge in [0, 0.05) is 67.9 Å². The normalized spacial score (nSPS) is 15.2. The summed E-state index contributed by atoms with van der Waals surface area (Å²) in [5.41, 5.74) is 5.30. The summed E-state index contributed by atoms with van der Waals surface area (Å²) in [6, 6.07) is 17.7. The van der Waals surface area contributed by atoms with Crippen molar-refractivity contribution in [2.75, 3.05) is 18.4 Å². The number of hydrogen-bond donors (Lipinski definition) is 2. The lowest BCUT2D eigenvalue weighted by Crippen LogP contribution is -2.38. The van der Waals surface area contributed by atoms with Crippen LogP contribution < -0.4 is 5.32 Å². The Morgan fingerprint density at radius 1 is 0.976 bits per heavy atom. The maximum absolute atomic E-state index is 14.0. The zero-order valence-electron chi connectivity index (χ0n) is 22.1. The van der Waals surface area contributed by atoms with E-state index in [2.05, 4.69) is 25.5 Å². The van der Waals surface area contributed by atoms with Crippen molar-refractivity contribution in [1.29, 1.82) is 0 Å². The first kappa shape index (κ1) is 26.6. The molecule has 2 N–H and O–H groups in total. The Morgan fingerprint density at radius 3 is 2.59 bits per heavy atom. The summed E-state index contributed by atoms with van der Waals surface area (Å²) in [5.74, 6) is -3.26. The predicted octanol–water partition coefficient (Wildman–Crippen LogP) is 6.23. The van der Waals surface area contributed by atoms with Crippen molar-refractivity contribution >= 4 is 22.5 Å². The lowest BCUT2D eigenvalue weighted by molar-refractivity contribution is -0.0566. The van der Waals surface area contributed by atoms with Crippen LogP contribution in [-0.4, -0.2) is 50.0 Å². The second-order valence-corrected chi connectivity index (χ2v) is 10.3. The van der Waals surface area contributed by atoms with Crippen molar-refractivity contribution < 1.29 is 18.0 Å². The number of pyridine rings is 2. The molecule has 1 aliphatic rings.